The molecule has 0 aliphatic heterocycles. The zero-order chi connectivity index (χ0) is 13.9. The molecule has 1 aromatic heterocycles. The second-order valence-corrected chi connectivity index (χ2v) is 5.31. The Hall–Kier alpha value is -1.88. The van der Waals surface area contributed by atoms with Gasteiger partial charge in [-0.15, -0.1) is 0 Å². The first-order chi connectivity index (χ1) is 9.70. The molecule has 0 saturated heterocycles. The van der Waals surface area contributed by atoms with E-state index in [0.29, 0.717) is 24.8 Å². The molecule has 1 aromatic carbocycles. The minimum atomic E-state index is -0.332. The van der Waals surface area contributed by atoms with Crippen LogP contribution in [0.5, 0.6) is 5.75 Å². The van der Waals surface area contributed by atoms with Crippen molar-refractivity contribution < 1.29 is 14.4 Å². The number of rotatable bonds is 6. The van der Waals surface area contributed by atoms with E-state index in [9.17, 15) is 5.11 Å². The fourth-order valence-electron chi connectivity index (χ4n) is 2.03. The summed E-state index contributed by atoms with van der Waals surface area (Å²) in [5.41, 5.74) is 1.09. The summed E-state index contributed by atoms with van der Waals surface area (Å²) in [6.07, 6.45) is 2.61. The van der Waals surface area contributed by atoms with Crippen molar-refractivity contribution in [1.82, 2.24) is 10.1 Å². The lowest BCUT2D eigenvalue weighted by molar-refractivity contribution is 0.195. The Morgan fingerprint density at radius 2 is 2.10 bits per heavy atom. The Morgan fingerprint density at radius 3 is 2.75 bits per heavy atom. The molecule has 1 N–H and O–H groups in total. The van der Waals surface area contributed by atoms with E-state index in [2.05, 4.69) is 10.1 Å². The number of hydrogen-bond donors (Lipinski definition) is 1. The largest absolute Gasteiger partial charge is 0.485 e. The van der Waals surface area contributed by atoms with Gasteiger partial charge in [-0.3, -0.25) is 0 Å². The van der Waals surface area contributed by atoms with Crippen molar-refractivity contribution in [2.24, 2.45) is 0 Å². The SMILES string of the molecule is CC(O)Cc1ccc(OCc2noc(C3CC3)n2)cc1. The minimum absolute atomic E-state index is 0.311. The van der Waals surface area contributed by atoms with E-state index in [1.165, 1.54) is 0 Å². The molecule has 1 aliphatic rings. The van der Waals surface area contributed by atoms with Crippen molar-refractivity contribution >= 4 is 0 Å². The minimum Gasteiger partial charge on any atom is -0.485 e. The van der Waals surface area contributed by atoms with E-state index >= 15 is 0 Å². The second kappa shape index (κ2) is 5.63. The normalized spacial score (nSPS) is 16.1. The molecule has 2 aromatic rings. The first kappa shape index (κ1) is 13.1. The van der Waals surface area contributed by atoms with Crippen LogP contribution in [0.3, 0.4) is 0 Å². The lowest BCUT2D eigenvalue weighted by Crippen LogP contribution is -2.04. The van der Waals surface area contributed by atoms with Crippen molar-refractivity contribution in [3.05, 3.63) is 41.5 Å². The van der Waals surface area contributed by atoms with Crippen molar-refractivity contribution in [1.29, 1.82) is 0 Å². The van der Waals surface area contributed by atoms with Gasteiger partial charge >= 0.3 is 0 Å². The lowest BCUT2D eigenvalue weighted by atomic mass is 10.1. The molecule has 0 radical (unpaired) electrons. The lowest BCUT2D eigenvalue weighted by Gasteiger charge is -2.06. The highest BCUT2D eigenvalue weighted by Gasteiger charge is 2.29. The molecule has 106 valence electrons. The maximum absolute atomic E-state index is 9.32. The van der Waals surface area contributed by atoms with Gasteiger partial charge in [0.15, 0.2) is 6.61 Å². The first-order valence-corrected chi connectivity index (χ1v) is 6.93. The molecule has 20 heavy (non-hydrogen) atoms. The number of hydrogen-bond acceptors (Lipinski definition) is 5. The molecular formula is C15H18N2O3. The van der Waals surface area contributed by atoms with Crippen LogP contribution in [0.25, 0.3) is 0 Å². The number of nitrogens with zero attached hydrogens (tertiary/aromatic N) is 2. The summed E-state index contributed by atoms with van der Waals surface area (Å²) in [7, 11) is 0. The second-order valence-electron chi connectivity index (χ2n) is 5.31. The van der Waals surface area contributed by atoms with Gasteiger partial charge in [0.2, 0.25) is 11.7 Å². The van der Waals surface area contributed by atoms with E-state index in [0.717, 1.165) is 30.0 Å². The van der Waals surface area contributed by atoms with Gasteiger partial charge in [0, 0.05) is 5.92 Å². The van der Waals surface area contributed by atoms with Gasteiger partial charge in [-0.25, -0.2) is 0 Å². The molecule has 1 heterocycles. The molecule has 1 atom stereocenters. The van der Waals surface area contributed by atoms with Crippen LogP contribution >= 0.6 is 0 Å². The van der Waals surface area contributed by atoms with Crippen LogP contribution in [0.15, 0.2) is 28.8 Å². The van der Waals surface area contributed by atoms with E-state index in [4.69, 9.17) is 9.26 Å². The summed E-state index contributed by atoms with van der Waals surface area (Å²) in [5.74, 6) is 2.55. The Kier molecular flexibility index (Phi) is 3.69. The summed E-state index contributed by atoms with van der Waals surface area (Å²) in [4.78, 5) is 4.31. The highest BCUT2D eigenvalue weighted by molar-refractivity contribution is 5.27. The Bertz CT molecular complexity index is 559. The quantitative estimate of drug-likeness (QED) is 0.876. The summed E-state index contributed by atoms with van der Waals surface area (Å²) >= 11 is 0. The van der Waals surface area contributed by atoms with Crippen LogP contribution in [0.1, 0.15) is 43.0 Å². The molecule has 1 aliphatic carbocycles. The van der Waals surface area contributed by atoms with Gasteiger partial charge in [-0.2, -0.15) is 4.98 Å². The Morgan fingerprint density at radius 1 is 1.35 bits per heavy atom. The molecule has 0 bridgehead atoms. The van der Waals surface area contributed by atoms with Gasteiger partial charge in [0.05, 0.1) is 6.10 Å². The maximum atomic E-state index is 9.32. The smallest absolute Gasteiger partial charge is 0.229 e. The van der Waals surface area contributed by atoms with Crippen LogP contribution in [-0.2, 0) is 13.0 Å². The van der Waals surface area contributed by atoms with Crippen LogP contribution in [-0.4, -0.2) is 21.4 Å². The average molecular weight is 274 g/mol. The van der Waals surface area contributed by atoms with Gasteiger partial charge in [-0.1, -0.05) is 17.3 Å². The van der Waals surface area contributed by atoms with Crippen LogP contribution < -0.4 is 4.74 Å². The zero-order valence-electron chi connectivity index (χ0n) is 11.5. The number of benzene rings is 1. The summed E-state index contributed by atoms with van der Waals surface area (Å²) in [6, 6.07) is 7.68. The van der Waals surface area contributed by atoms with E-state index in [-0.39, 0.29) is 6.10 Å². The number of aliphatic hydroxyl groups excluding tert-OH is 1. The summed E-state index contributed by atoms with van der Waals surface area (Å²) in [6.45, 7) is 2.09. The van der Waals surface area contributed by atoms with Crippen molar-refractivity contribution in [3.8, 4) is 5.75 Å². The average Bonchev–Trinajstić information content (AvgIpc) is 3.17. The predicted octanol–water partition coefficient (Wildman–Crippen LogP) is 2.45. The standard InChI is InChI=1S/C15H18N2O3/c1-10(18)8-11-2-6-13(7-3-11)19-9-14-16-15(20-17-14)12-4-5-12/h2-3,6-7,10,12,18H,4-5,8-9H2,1H3. The van der Waals surface area contributed by atoms with Gasteiger partial charge < -0.3 is 14.4 Å². The van der Waals surface area contributed by atoms with Crippen LogP contribution in [0.2, 0.25) is 0 Å². The first-order valence-electron chi connectivity index (χ1n) is 6.93. The molecule has 1 unspecified atom stereocenters. The molecule has 1 saturated carbocycles. The summed E-state index contributed by atoms with van der Waals surface area (Å²) in [5, 5.41) is 13.2. The molecular weight excluding hydrogens is 256 g/mol. The van der Waals surface area contributed by atoms with Gasteiger partial charge in [-0.05, 0) is 43.9 Å². The number of ether oxygens (including phenoxy) is 1. The fourth-order valence-corrected chi connectivity index (χ4v) is 2.03. The third kappa shape index (κ3) is 3.36. The molecule has 5 heteroatoms. The Balaban J connectivity index is 1.54. The van der Waals surface area contributed by atoms with E-state index < -0.39 is 0 Å². The Labute approximate surface area is 117 Å². The van der Waals surface area contributed by atoms with E-state index in [1.54, 1.807) is 6.92 Å². The molecule has 1 fully saturated rings. The third-order valence-electron chi connectivity index (χ3n) is 3.23. The maximum Gasteiger partial charge on any atom is 0.229 e. The van der Waals surface area contributed by atoms with Gasteiger partial charge in [0.1, 0.15) is 5.75 Å². The highest BCUT2D eigenvalue weighted by Crippen LogP contribution is 2.38. The highest BCUT2D eigenvalue weighted by atomic mass is 16.5. The molecule has 0 spiro atoms. The monoisotopic (exact) mass is 274 g/mol. The molecule has 0 amide bonds. The van der Waals surface area contributed by atoms with Crippen LogP contribution in [0, 0.1) is 0 Å². The third-order valence-corrected chi connectivity index (χ3v) is 3.23. The number of aromatic nitrogens is 2. The zero-order valence-corrected chi connectivity index (χ0v) is 11.5. The fraction of sp³-hybridized carbons (Fsp3) is 0.467. The number of aliphatic hydroxyl groups is 1. The van der Waals surface area contributed by atoms with Crippen molar-refractivity contribution in [2.45, 2.75) is 44.8 Å². The predicted molar refractivity (Wildman–Crippen MR) is 72.4 cm³/mol. The summed E-state index contributed by atoms with van der Waals surface area (Å²) < 4.78 is 10.8. The van der Waals surface area contributed by atoms with Crippen LogP contribution in [0.4, 0.5) is 0 Å². The molecule has 3 rings (SSSR count). The molecule has 5 nitrogen and oxygen atoms in total. The van der Waals surface area contributed by atoms with Gasteiger partial charge in [0.25, 0.3) is 0 Å². The topological polar surface area (TPSA) is 68.4 Å². The van der Waals surface area contributed by atoms with Crippen molar-refractivity contribution in [2.75, 3.05) is 0 Å². The van der Waals surface area contributed by atoms with E-state index in [1.807, 2.05) is 24.3 Å². The van der Waals surface area contributed by atoms with Crippen molar-refractivity contribution in [3.63, 3.8) is 0 Å².